The lowest BCUT2D eigenvalue weighted by molar-refractivity contribution is -0.387. The van der Waals surface area contributed by atoms with Crippen molar-refractivity contribution in [2.24, 2.45) is 0 Å². The number of hydrogen-bond donors (Lipinski definition) is 0. The second kappa shape index (κ2) is 26.5. The van der Waals surface area contributed by atoms with E-state index in [1.807, 2.05) is 6.92 Å². The zero-order chi connectivity index (χ0) is 60.8. The first kappa shape index (κ1) is 66.5. The largest absolute Gasteiger partial charge is 0.444 e. The van der Waals surface area contributed by atoms with Crippen molar-refractivity contribution >= 4 is 65.1 Å². The summed E-state index contributed by atoms with van der Waals surface area (Å²) in [6, 6.07) is 1.99. The molecule has 2 aromatic carbocycles. The van der Waals surface area contributed by atoms with E-state index in [0.29, 0.717) is 68.5 Å². The van der Waals surface area contributed by atoms with Gasteiger partial charge in [-0.05, 0) is 151 Å². The molecule has 1 spiro atoms. The van der Waals surface area contributed by atoms with Gasteiger partial charge in [0.2, 0.25) is 0 Å². The number of hydrogen-bond acceptors (Lipinski definition) is 13. The number of nitrogens with zero attached hydrogens (tertiary/aromatic N) is 5. The summed E-state index contributed by atoms with van der Waals surface area (Å²) in [5.41, 5.74) is -4.76. The van der Waals surface area contributed by atoms with Crippen molar-refractivity contribution in [3.05, 3.63) is 62.2 Å². The minimum absolute atomic E-state index is 0.0339. The van der Waals surface area contributed by atoms with Crippen LogP contribution < -0.4 is 0 Å². The second-order valence-corrected chi connectivity index (χ2v) is 26.9. The first-order valence-electron chi connectivity index (χ1n) is 27.7. The summed E-state index contributed by atoms with van der Waals surface area (Å²) in [5, 5.41) is 12.1. The molecule has 2 atom stereocenters. The predicted molar refractivity (Wildman–Crippen MR) is 292 cm³/mol. The molecular weight excluding hydrogens is 1110 g/mol. The fraction of sp³-hybridized carbons (Fsp3) is 0.684. The van der Waals surface area contributed by atoms with Crippen LogP contribution in [0.15, 0.2) is 34.1 Å². The van der Waals surface area contributed by atoms with Gasteiger partial charge in [0.05, 0.1) is 48.9 Å². The topological polar surface area (TPSA) is 194 Å². The lowest BCUT2D eigenvalue weighted by atomic mass is 9.91. The predicted octanol–water partition coefficient (Wildman–Crippen LogP) is 13.6. The highest BCUT2D eigenvalue weighted by molar-refractivity contribution is 8.01. The van der Waals surface area contributed by atoms with Crippen LogP contribution in [-0.2, 0) is 42.6 Å². The van der Waals surface area contributed by atoms with E-state index in [0.717, 1.165) is 68.5 Å². The number of halogens is 6. The van der Waals surface area contributed by atoms with Gasteiger partial charge in [-0.2, -0.15) is 35.9 Å². The quantitative estimate of drug-likeness (QED) is 0.124. The number of likely N-dealkylation sites (tertiary alicyclic amines) is 2. The van der Waals surface area contributed by atoms with Crippen LogP contribution >= 0.6 is 23.5 Å². The molecule has 2 aromatic rings. The summed E-state index contributed by atoms with van der Waals surface area (Å²) < 4.78 is 96.2. The normalized spacial score (nSPS) is 19.9. The van der Waals surface area contributed by atoms with Crippen molar-refractivity contribution in [3.63, 3.8) is 0 Å². The summed E-state index contributed by atoms with van der Waals surface area (Å²) in [7, 11) is 0. The molecule has 450 valence electrons. The van der Waals surface area contributed by atoms with E-state index in [4.69, 9.17) is 19.1 Å². The first-order chi connectivity index (χ1) is 37.5. The molecule has 2 saturated carbocycles. The number of carbonyl (C=O) groups is 5. The monoisotopic (exact) mass is 1190 g/mol. The van der Waals surface area contributed by atoms with E-state index in [-0.39, 0.29) is 41.1 Å². The van der Waals surface area contributed by atoms with Gasteiger partial charge in [0.1, 0.15) is 11.2 Å². The average Bonchev–Trinajstić information content (AvgIpc) is 4.03. The van der Waals surface area contributed by atoms with Crippen LogP contribution in [0, 0.1) is 10.1 Å². The lowest BCUT2D eigenvalue weighted by Crippen LogP contribution is -2.54. The average molecular weight is 1190 g/mol. The van der Waals surface area contributed by atoms with Gasteiger partial charge in [0, 0.05) is 60.4 Å². The summed E-state index contributed by atoms with van der Waals surface area (Å²) in [6.07, 6.45) is -1.06. The number of piperidine rings is 2. The number of Topliss-reactive ketones (excluding diaryl/α,β-unsaturated/α-hetero) is 1. The van der Waals surface area contributed by atoms with E-state index < -0.39 is 109 Å². The Morgan fingerprint density at radius 1 is 0.728 bits per heavy atom. The third-order valence-electron chi connectivity index (χ3n) is 15.1. The van der Waals surface area contributed by atoms with Crippen molar-refractivity contribution in [3.8, 4) is 0 Å². The van der Waals surface area contributed by atoms with Crippen molar-refractivity contribution in [2.45, 2.75) is 233 Å². The maximum Gasteiger partial charge on any atom is 0.417 e. The number of thioether (sulfide) groups is 2. The third kappa shape index (κ3) is 16.7. The Hall–Kier alpha value is -5.35. The molecular formula is C57H77F6N5O11S2. The SMILES string of the molecule is CC(C)N(C(=O)c1cc2c(cc1C(F)(F)F)SC1(CCCC1)C(=O)C2)[C@@H]1CCCN(C(=O)OC(C)(C)C)C1.CCC1(Sc2cc(C(F)(F)F)c(C(=O)N(C(C)C)[C@@H]3CCCN(C(=O)OC(C)(C)C)C3)cc2[N+](=O)[O-])CCCC1.O=C=O. The molecule has 0 aromatic heterocycles. The first-order valence-corrected chi connectivity index (χ1v) is 29.3. The molecule has 16 nitrogen and oxygen atoms in total. The van der Waals surface area contributed by atoms with Crippen LogP contribution in [0.5, 0.6) is 0 Å². The van der Waals surface area contributed by atoms with Crippen molar-refractivity contribution < 1.29 is 74.3 Å². The van der Waals surface area contributed by atoms with E-state index in [1.54, 1.807) is 69.2 Å². The van der Waals surface area contributed by atoms with Crippen molar-refractivity contribution in [2.75, 3.05) is 26.2 Å². The molecule has 2 saturated heterocycles. The molecule has 24 heteroatoms. The van der Waals surface area contributed by atoms with Crippen LogP contribution in [-0.4, -0.2) is 132 Å². The van der Waals surface area contributed by atoms with Gasteiger partial charge >= 0.3 is 30.7 Å². The van der Waals surface area contributed by atoms with E-state index >= 15 is 0 Å². The van der Waals surface area contributed by atoms with E-state index in [1.165, 1.54) is 37.4 Å². The summed E-state index contributed by atoms with van der Waals surface area (Å²) in [5.74, 6) is -1.64. The summed E-state index contributed by atoms with van der Waals surface area (Å²) in [4.78, 5) is 100.0. The minimum Gasteiger partial charge on any atom is -0.444 e. The number of rotatable bonds is 10. The van der Waals surface area contributed by atoms with Gasteiger partial charge in [-0.3, -0.25) is 24.5 Å². The molecule has 0 unspecified atom stereocenters. The number of amides is 4. The Morgan fingerprint density at radius 3 is 1.54 bits per heavy atom. The molecule has 3 aliphatic heterocycles. The van der Waals surface area contributed by atoms with Crippen molar-refractivity contribution in [1.82, 2.24) is 19.6 Å². The fourth-order valence-corrected chi connectivity index (χ4v) is 14.5. The molecule has 0 bridgehead atoms. The molecule has 0 radical (unpaired) electrons. The highest BCUT2D eigenvalue weighted by atomic mass is 32.2. The number of carbonyl (C=O) groups excluding carboxylic acids is 7. The highest BCUT2D eigenvalue weighted by Gasteiger charge is 2.48. The van der Waals surface area contributed by atoms with E-state index in [9.17, 15) is 60.4 Å². The Labute approximate surface area is 478 Å². The van der Waals surface area contributed by atoms with Gasteiger partial charge in [0.15, 0.2) is 5.78 Å². The smallest absolute Gasteiger partial charge is 0.417 e. The molecule has 7 rings (SSSR count). The summed E-state index contributed by atoms with van der Waals surface area (Å²) >= 11 is 2.37. The Balaban J connectivity index is 0.000000284. The van der Waals surface area contributed by atoms with Crippen LogP contribution in [0.1, 0.15) is 197 Å². The van der Waals surface area contributed by atoms with Gasteiger partial charge in [-0.25, -0.2) is 9.59 Å². The Morgan fingerprint density at radius 2 is 1.15 bits per heavy atom. The highest BCUT2D eigenvalue weighted by Crippen LogP contribution is 2.53. The van der Waals surface area contributed by atoms with Crippen LogP contribution in [0.25, 0.3) is 0 Å². The number of nitro groups is 1. The fourth-order valence-electron chi connectivity index (χ4n) is 11.5. The van der Waals surface area contributed by atoms with E-state index in [2.05, 4.69) is 0 Å². The standard InChI is InChI=1S/C28H40F3N3O5S.C28H37F3N2O4S.CO2/c1-7-27(12-8-9-13-27)40-23-16-21(28(29,30)31)20(15-22(23)34(37)38)24(35)33(18(2)3)19-11-10-14-32(17-19)25(36)39-26(4,5)6;1-17(2)33(19-9-8-12-32(16-19)25(36)37-26(3,4)5)24(35)20-13-18-14-23(34)27(10-6-7-11-27)38-22(18)15-21(20)28(29,30)31;2-1-3/h15-16,18-19H,7-14,17H2,1-6H3;13,15,17,19H,6-12,14,16H2,1-5H3;/t2*19-;/m11./s1. The van der Waals surface area contributed by atoms with Crippen LogP contribution in [0.4, 0.5) is 41.6 Å². The molecule has 81 heavy (non-hydrogen) atoms. The second-order valence-electron chi connectivity index (χ2n) is 24.0. The molecule has 4 amide bonds. The Kier molecular flexibility index (Phi) is 21.7. The zero-order valence-electron chi connectivity index (χ0n) is 48.2. The lowest BCUT2D eigenvalue weighted by Gasteiger charge is -2.42. The van der Waals surface area contributed by atoms with Gasteiger partial charge < -0.3 is 29.1 Å². The summed E-state index contributed by atoms with van der Waals surface area (Å²) in [6.45, 7) is 20.5. The molecule has 3 heterocycles. The number of ketones is 1. The number of benzene rings is 2. The van der Waals surface area contributed by atoms with Crippen LogP contribution in [0.3, 0.4) is 0 Å². The number of ether oxygens (including phenoxy) is 2. The molecule has 2 aliphatic carbocycles. The van der Waals surface area contributed by atoms with Gasteiger partial charge in [-0.1, -0.05) is 32.6 Å². The molecule has 5 aliphatic rings. The maximum absolute atomic E-state index is 14.4. The molecule has 0 N–H and O–H groups in total. The minimum atomic E-state index is -4.90. The Bertz CT molecular complexity index is 2670. The number of alkyl halides is 6. The molecule has 4 fully saturated rings. The van der Waals surface area contributed by atoms with Crippen LogP contribution in [0.2, 0.25) is 0 Å². The zero-order valence-corrected chi connectivity index (χ0v) is 49.8. The van der Waals surface area contributed by atoms with Gasteiger partial charge in [-0.15, -0.1) is 23.5 Å². The van der Waals surface area contributed by atoms with Gasteiger partial charge in [0.25, 0.3) is 17.5 Å². The third-order valence-corrected chi connectivity index (χ3v) is 18.4. The van der Waals surface area contributed by atoms with Crippen molar-refractivity contribution in [1.29, 1.82) is 0 Å². The number of nitro benzene ring substituents is 1. The maximum atomic E-state index is 14.4. The number of fused-ring (bicyclic) bond motifs is 1.